The summed E-state index contributed by atoms with van der Waals surface area (Å²) in [5.74, 6) is -2.86. The molecule has 34 heavy (non-hydrogen) atoms. The van der Waals surface area contributed by atoms with Gasteiger partial charge in [0.25, 0.3) is 0 Å². The largest absolute Gasteiger partial charge is 0.469 e. The van der Waals surface area contributed by atoms with Gasteiger partial charge in [0.2, 0.25) is 0 Å². The number of hydrogen-bond acceptors (Lipinski definition) is 13. The summed E-state index contributed by atoms with van der Waals surface area (Å²) in [5, 5.41) is 17.2. The number of sulfone groups is 1. The van der Waals surface area contributed by atoms with E-state index in [1.807, 2.05) is 0 Å². The van der Waals surface area contributed by atoms with Crippen molar-refractivity contribution in [1.82, 2.24) is 0 Å². The van der Waals surface area contributed by atoms with Crippen molar-refractivity contribution in [3.63, 3.8) is 0 Å². The summed E-state index contributed by atoms with van der Waals surface area (Å²) in [6.45, 7) is -0.428. The smallest absolute Gasteiger partial charge is 0.309 e. The number of esters is 4. The molecule has 0 saturated heterocycles. The van der Waals surface area contributed by atoms with E-state index in [0.717, 1.165) is 7.11 Å². The molecule has 0 aliphatic rings. The highest BCUT2D eigenvalue weighted by Crippen LogP contribution is 2.16. The second-order valence-electron chi connectivity index (χ2n) is 6.81. The molecule has 0 aliphatic heterocycles. The lowest BCUT2D eigenvalue weighted by atomic mass is 10.1. The molecule has 0 aromatic rings. The van der Waals surface area contributed by atoms with Gasteiger partial charge in [0.1, 0.15) is 0 Å². The minimum absolute atomic E-state index is 0.0318. The van der Waals surface area contributed by atoms with Crippen LogP contribution in [0.3, 0.4) is 0 Å². The maximum Gasteiger partial charge on any atom is 0.309 e. The molecule has 200 valence electrons. The fourth-order valence-corrected chi connectivity index (χ4v) is 4.72. The molecule has 0 spiro atoms. The molecule has 0 bridgehead atoms. The number of carbonyl (C=O) groups is 4. The molecule has 0 radical (unpaired) electrons. The van der Waals surface area contributed by atoms with Crippen LogP contribution in [0.5, 0.6) is 0 Å². The molecule has 14 heteroatoms. The van der Waals surface area contributed by atoms with Crippen molar-refractivity contribution >= 4 is 45.5 Å². The fraction of sp³-hybridized carbons (Fsp3) is 0.800. The Balaban J connectivity index is 0. The van der Waals surface area contributed by atoms with Gasteiger partial charge in [-0.25, -0.2) is 8.42 Å². The molecule has 0 aromatic heterocycles. The molecular weight excluding hydrogens is 496 g/mol. The SMILES string of the molecule is COC(=O)CCC(CS(=O)(=O)CCO)C(=O)OC.COC(=O)CCC(CSCCO)C(=O)OC. The zero-order chi connectivity index (χ0) is 26.6. The fourth-order valence-electron chi connectivity index (χ4n) is 2.48. The predicted molar refractivity (Wildman–Crippen MR) is 124 cm³/mol. The van der Waals surface area contributed by atoms with Gasteiger partial charge in [0, 0.05) is 24.3 Å². The van der Waals surface area contributed by atoms with E-state index < -0.39 is 45.8 Å². The van der Waals surface area contributed by atoms with Crippen molar-refractivity contribution < 1.29 is 56.8 Å². The standard InChI is InChI=1S/C10H18O7S.C10H18O5S/c1-16-9(12)4-3-8(10(13)17-2)7-18(14,15)6-5-11;1-14-9(12)4-3-8(10(13)15-2)7-16-6-5-11/h8,11H,3-7H2,1-2H3;8,11H,3-7H2,1-2H3. The number of aliphatic hydroxyl groups is 2. The molecule has 0 amide bonds. The first kappa shape index (κ1) is 34.3. The molecule has 2 unspecified atom stereocenters. The summed E-state index contributed by atoms with van der Waals surface area (Å²) < 4.78 is 41.0. The van der Waals surface area contributed by atoms with Crippen molar-refractivity contribution in [2.24, 2.45) is 11.8 Å². The van der Waals surface area contributed by atoms with Crippen LogP contribution in [-0.2, 0) is 48.0 Å². The molecule has 2 N–H and O–H groups in total. The van der Waals surface area contributed by atoms with E-state index in [1.165, 1.54) is 33.1 Å². The number of rotatable bonds is 16. The van der Waals surface area contributed by atoms with Crippen molar-refractivity contribution in [3.05, 3.63) is 0 Å². The van der Waals surface area contributed by atoms with Crippen LogP contribution >= 0.6 is 11.8 Å². The Bertz CT molecular complexity index is 708. The number of methoxy groups -OCH3 is 4. The van der Waals surface area contributed by atoms with Crippen molar-refractivity contribution in [2.45, 2.75) is 25.7 Å². The molecule has 0 aliphatic carbocycles. The van der Waals surface area contributed by atoms with E-state index in [0.29, 0.717) is 17.9 Å². The molecule has 2 atom stereocenters. The monoisotopic (exact) mass is 532 g/mol. The van der Waals surface area contributed by atoms with Gasteiger partial charge in [0.15, 0.2) is 9.84 Å². The zero-order valence-electron chi connectivity index (χ0n) is 20.0. The van der Waals surface area contributed by atoms with Crippen LogP contribution in [0.25, 0.3) is 0 Å². The number of aliphatic hydroxyl groups excluding tert-OH is 2. The highest BCUT2D eigenvalue weighted by atomic mass is 32.2. The Morgan fingerprint density at radius 1 is 0.765 bits per heavy atom. The van der Waals surface area contributed by atoms with Gasteiger partial charge in [-0.2, -0.15) is 11.8 Å². The Hall–Kier alpha value is -1.90. The third-order valence-electron chi connectivity index (χ3n) is 4.33. The second-order valence-corrected chi connectivity index (χ2v) is 10.2. The van der Waals surface area contributed by atoms with Crippen molar-refractivity contribution in [3.8, 4) is 0 Å². The molecule has 0 heterocycles. The van der Waals surface area contributed by atoms with Crippen LogP contribution in [-0.4, -0.2) is 107 Å². The summed E-state index contributed by atoms with van der Waals surface area (Å²) >= 11 is 1.46. The summed E-state index contributed by atoms with van der Waals surface area (Å²) in [6.07, 6.45) is 0.586. The molecule has 0 fully saturated rings. The molecule has 0 rings (SSSR count). The average Bonchev–Trinajstić information content (AvgIpc) is 2.82. The van der Waals surface area contributed by atoms with Gasteiger partial charge < -0.3 is 29.2 Å². The normalized spacial score (nSPS) is 12.4. The highest BCUT2D eigenvalue weighted by Gasteiger charge is 2.27. The van der Waals surface area contributed by atoms with Crippen molar-refractivity contribution in [2.75, 3.05) is 64.7 Å². The molecule has 0 saturated carbocycles. The quantitative estimate of drug-likeness (QED) is 0.149. The minimum atomic E-state index is -3.54. The molecule has 0 aromatic carbocycles. The third-order valence-corrected chi connectivity index (χ3v) is 7.15. The topological polar surface area (TPSA) is 180 Å². The minimum Gasteiger partial charge on any atom is -0.469 e. The van der Waals surface area contributed by atoms with Gasteiger partial charge in [0.05, 0.1) is 65.0 Å². The summed E-state index contributed by atoms with van der Waals surface area (Å²) in [4.78, 5) is 44.6. The first-order valence-corrected chi connectivity index (χ1v) is 13.3. The van der Waals surface area contributed by atoms with Crippen LogP contribution in [0.2, 0.25) is 0 Å². The van der Waals surface area contributed by atoms with Crippen LogP contribution in [0.1, 0.15) is 25.7 Å². The lowest BCUT2D eigenvalue weighted by molar-refractivity contribution is -0.147. The van der Waals surface area contributed by atoms with E-state index in [9.17, 15) is 27.6 Å². The highest BCUT2D eigenvalue weighted by molar-refractivity contribution is 7.99. The van der Waals surface area contributed by atoms with Gasteiger partial charge >= 0.3 is 23.9 Å². The maximum atomic E-state index is 11.5. The lowest BCUT2D eigenvalue weighted by Crippen LogP contribution is -2.28. The summed E-state index contributed by atoms with van der Waals surface area (Å²) in [5.41, 5.74) is 0. The Morgan fingerprint density at radius 3 is 1.65 bits per heavy atom. The van der Waals surface area contributed by atoms with Gasteiger partial charge in [-0.3, -0.25) is 19.2 Å². The first-order valence-electron chi connectivity index (χ1n) is 10.3. The Morgan fingerprint density at radius 2 is 1.24 bits per heavy atom. The molecular formula is C20H36O12S2. The van der Waals surface area contributed by atoms with Gasteiger partial charge in [-0.1, -0.05) is 0 Å². The van der Waals surface area contributed by atoms with Crippen molar-refractivity contribution in [1.29, 1.82) is 0 Å². The maximum absolute atomic E-state index is 11.5. The lowest BCUT2D eigenvalue weighted by Gasteiger charge is -2.13. The van der Waals surface area contributed by atoms with Crippen LogP contribution in [0.15, 0.2) is 0 Å². The molecule has 12 nitrogen and oxygen atoms in total. The van der Waals surface area contributed by atoms with E-state index in [1.54, 1.807) is 0 Å². The van der Waals surface area contributed by atoms with Crippen LogP contribution in [0, 0.1) is 11.8 Å². The van der Waals surface area contributed by atoms with E-state index in [-0.39, 0.29) is 43.7 Å². The van der Waals surface area contributed by atoms with Gasteiger partial charge in [-0.15, -0.1) is 0 Å². The predicted octanol–water partition coefficient (Wildman–Crippen LogP) is -0.410. The summed E-state index contributed by atoms with van der Waals surface area (Å²) in [6, 6.07) is 0. The van der Waals surface area contributed by atoms with Gasteiger partial charge in [-0.05, 0) is 12.8 Å². The number of ether oxygens (including phenoxy) is 4. The van der Waals surface area contributed by atoms with Crippen LogP contribution in [0.4, 0.5) is 0 Å². The number of carbonyl (C=O) groups excluding carboxylic acids is 4. The van der Waals surface area contributed by atoms with E-state index >= 15 is 0 Å². The Labute approximate surface area is 204 Å². The average molecular weight is 533 g/mol. The third kappa shape index (κ3) is 17.6. The number of thioether (sulfide) groups is 1. The first-order chi connectivity index (χ1) is 16.0. The van der Waals surface area contributed by atoms with E-state index in [4.69, 9.17) is 10.2 Å². The second kappa shape index (κ2) is 20.5. The Kier molecular flexibility index (Phi) is 20.6. The van der Waals surface area contributed by atoms with E-state index in [2.05, 4.69) is 18.9 Å². The summed E-state index contributed by atoms with van der Waals surface area (Å²) in [7, 11) is 1.45. The zero-order valence-corrected chi connectivity index (χ0v) is 21.7. The van der Waals surface area contributed by atoms with Crippen LogP contribution < -0.4 is 0 Å². The number of hydrogen-bond donors (Lipinski definition) is 2.